The maximum Gasteiger partial charge on any atom is 0.157 e. The summed E-state index contributed by atoms with van der Waals surface area (Å²) in [6.07, 6.45) is 18.8. The van der Waals surface area contributed by atoms with Gasteiger partial charge in [0.2, 0.25) is 0 Å². The molecule has 1 aromatic carbocycles. The molecular formula is C28H42O2S. The summed E-state index contributed by atoms with van der Waals surface area (Å²) in [7, 11) is 0. The van der Waals surface area contributed by atoms with Gasteiger partial charge in [-0.25, -0.2) is 0 Å². The van der Waals surface area contributed by atoms with Crippen LogP contribution >= 0.6 is 11.8 Å². The highest BCUT2D eigenvalue weighted by molar-refractivity contribution is 8.00. The van der Waals surface area contributed by atoms with Gasteiger partial charge in [-0.1, -0.05) is 73.6 Å². The molecular weight excluding hydrogens is 400 g/mol. The van der Waals surface area contributed by atoms with Gasteiger partial charge in [0.1, 0.15) is 0 Å². The van der Waals surface area contributed by atoms with E-state index in [1.807, 2.05) is 0 Å². The molecule has 1 heterocycles. The maximum atomic E-state index is 5.85. The van der Waals surface area contributed by atoms with E-state index in [4.69, 9.17) is 9.47 Å². The highest BCUT2D eigenvalue weighted by Crippen LogP contribution is 2.37. The Balaban J connectivity index is 1.48. The highest BCUT2D eigenvalue weighted by Gasteiger charge is 2.21. The van der Waals surface area contributed by atoms with Gasteiger partial charge in [-0.15, -0.1) is 11.8 Å². The van der Waals surface area contributed by atoms with Crippen molar-refractivity contribution in [2.75, 3.05) is 13.2 Å². The number of hydrogen-bond donors (Lipinski definition) is 0. The van der Waals surface area contributed by atoms with Crippen molar-refractivity contribution in [1.29, 1.82) is 0 Å². The molecule has 1 aromatic rings. The predicted molar refractivity (Wildman–Crippen MR) is 134 cm³/mol. The third kappa shape index (κ3) is 9.55. The zero-order chi connectivity index (χ0) is 21.7. The molecule has 2 nitrogen and oxygen atoms in total. The summed E-state index contributed by atoms with van der Waals surface area (Å²) in [5.74, 6) is 0.902. The van der Waals surface area contributed by atoms with E-state index in [9.17, 15) is 0 Å². The molecule has 0 amide bonds. The first-order valence-corrected chi connectivity index (χ1v) is 13.4. The first kappa shape index (κ1) is 24.6. The van der Waals surface area contributed by atoms with Crippen LogP contribution in [-0.2, 0) is 9.47 Å². The Kier molecular flexibility index (Phi) is 11.3. The molecule has 31 heavy (non-hydrogen) atoms. The molecule has 2 unspecified atom stereocenters. The topological polar surface area (TPSA) is 18.5 Å². The number of allylic oxidation sites excluding steroid dienone is 2. The molecule has 3 rings (SSSR count). The molecule has 172 valence electrons. The number of rotatable bonds is 11. The second kappa shape index (κ2) is 14.2. The van der Waals surface area contributed by atoms with Gasteiger partial charge in [-0.2, -0.15) is 0 Å². The lowest BCUT2D eigenvalue weighted by Crippen LogP contribution is -2.22. The lowest BCUT2D eigenvalue weighted by atomic mass is 9.85. The second-order valence-corrected chi connectivity index (χ2v) is 10.6. The molecule has 0 aromatic heterocycles. The number of benzene rings is 1. The van der Waals surface area contributed by atoms with Gasteiger partial charge >= 0.3 is 0 Å². The Morgan fingerprint density at radius 2 is 1.81 bits per heavy atom. The number of hydrogen-bond acceptors (Lipinski definition) is 3. The summed E-state index contributed by atoms with van der Waals surface area (Å²) < 4.78 is 11.5. The van der Waals surface area contributed by atoms with Crippen LogP contribution in [0.15, 0.2) is 58.5 Å². The summed E-state index contributed by atoms with van der Waals surface area (Å²) in [6, 6.07) is 11.0. The summed E-state index contributed by atoms with van der Waals surface area (Å²) in [5, 5.41) is 0.599. The lowest BCUT2D eigenvalue weighted by Gasteiger charge is -2.27. The smallest absolute Gasteiger partial charge is 0.157 e. The van der Waals surface area contributed by atoms with Crippen molar-refractivity contribution in [3.63, 3.8) is 0 Å². The van der Waals surface area contributed by atoms with Crippen molar-refractivity contribution in [2.24, 2.45) is 5.92 Å². The lowest BCUT2D eigenvalue weighted by molar-refractivity contribution is -0.155. The van der Waals surface area contributed by atoms with Gasteiger partial charge in [0, 0.05) is 16.8 Å². The zero-order valence-electron chi connectivity index (χ0n) is 19.7. The van der Waals surface area contributed by atoms with Crippen molar-refractivity contribution in [3.05, 3.63) is 53.6 Å². The molecule has 0 bridgehead atoms. The quantitative estimate of drug-likeness (QED) is 0.253. The van der Waals surface area contributed by atoms with E-state index in [0.29, 0.717) is 11.9 Å². The van der Waals surface area contributed by atoms with Crippen LogP contribution in [0.1, 0.15) is 84.5 Å². The molecule has 3 heteroatoms. The van der Waals surface area contributed by atoms with Crippen LogP contribution in [-0.4, -0.2) is 24.8 Å². The van der Waals surface area contributed by atoms with Crippen LogP contribution in [0, 0.1) is 5.92 Å². The largest absolute Gasteiger partial charge is 0.353 e. The van der Waals surface area contributed by atoms with Crippen LogP contribution in [0.4, 0.5) is 0 Å². The Morgan fingerprint density at radius 3 is 2.55 bits per heavy atom. The van der Waals surface area contributed by atoms with Crippen molar-refractivity contribution >= 4 is 11.8 Å². The van der Waals surface area contributed by atoms with E-state index in [0.717, 1.165) is 31.8 Å². The van der Waals surface area contributed by atoms with Gasteiger partial charge in [0.05, 0.1) is 6.61 Å². The average Bonchev–Trinajstić information content (AvgIpc) is 2.81. The first-order valence-electron chi connectivity index (χ1n) is 12.5. The SMILES string of the molecule is C/C(=C\COC1CCCCO1)CC/C=C(\C)C(CC1CCCCC1)Sc1ccccc1. The predicted octanol–water partition coefficient (Wildman–Crippen LogP) is 8.33. The average molecular weight is 443 g/mol. The van der Waals surface area contributed by atoms with Crippen molar-refractivity contribution in [2.45, 2.75) is 101 Å². The fraction of sp³-hybridized carbons (Fsp3) is 0.643. The molecule has 0 radical (unpaired) electrons. The highest BCUT2D eigenvalue weighted by atomic mass is 32.2. The third-order valence-corrected chi connectivity index (χ3v) is 8.05. The van der Waals surface area contributed by atoms with Crippen LogP contribution in [0.5, 0.6) is 0 Å². The van der Waals surface area contributed by atoms with Crippen molar-refractivity contribution in [1.82, 2.24) is 0 Å². The first-order chi connectivity index (χ1) is 15.2. The van der Waals surface area contributed by atoms with Crippen LogP contribution in [0.25, 0.3) is 0 Å². The van der Waals surface area contributed by atoms with E-state index >= 15 is 0 Å². The van der Waals surface area contributed by atoms with Crippen LogP contribution < -0.4 is 0 Å². The van der Waals surface area contributed by atoms with Gasteiger partial charge < -0.3 is 9.47 Å². The van der Waals surface area contributed by atoms with Gasteiger partial charge in [0.25, 0.3) is 0 Å². The van der Waals surface area contributed by atoms with Gasteiger partial charge in [-0.05, 0) is 70.4 Å². The molecule has 0 spiro atoms. The number of ether oxygens (including phenoxy) is 2. The minimum Gasteiger partial charge on any atom is -0.353 e. The molecule has 1 aliphatic carbocycles. The number of thioether (sulfide) groups is 1. The van der Waals surface area contributed by atoms with E-state index in [1.165, 1.54) is 61.8 Å². The van der Waals surface area contributed by atoms with E-state index in [2.05, 4.69) is 68.1 Å². The second-order valence-electron chi connectivity index (χ2n) is 9.33. The zero-order valence-corrected chi connectivity index (χ0v) is 20.5. The fourth-order valence-electron chi connectivity index (χ4n) is 4.62. The monoisotopic (exact) mass is 442 g/mol. The van der Waals surface area contributed by atoms with E-state index in [-0.39, 0.29) is 6.29 Å². The summed E-state index contributed by atoms with van der Waals surface area (Å²) >= 11 is 2.06. The normalized spacial score (nSPS) is 22.5. The summed E-state index contributed by atoms with van der Waals surface area (Å²) in [4.78, 5) is 1.40. The van der Waals surface area contributed by atoms with E-state index < -0.39 is 0 Å². The van der Waals surface area contributed by atoms with Gasteiger partial charge in [-0.3, -0.25) is 0 Å². The Morgan fingerprint density at radius 1 is 1.03 bits per heavy atom. The molecule has 2 aliphatic rings. The Bertz CT molecular complexity index is 670. The Labute approximate surface area is 194 Å². The maximum absolute atomic E-state index is 5.85. The molecule has 2 fully saturated rings. The summed E-state index contributed by atoms with van der Waals surface area (Å²) in [6.45, 7) is 6.10. The minimum absolute atomic E-state index is 0.00972. The molecule has 1 aliphatic heterocycles. The fourth-order valence-corrected chi connectivity index (χ4v) is 5.91. The minimum atomic E-state index is 0.00972. The van der Waals surface area contributed by atoms with Crippen molar-refractivity contribution in [3.8, 4) is 0 Å². The third-order valence-electron chi connectivity index (χ3n) is 6.66. The molecule has 1 saturated heterocycles. The van der Waals surface area contributed by atoms with Crippen LogP contribution in [0.2, 0.25) is 0 Å². The molecule has 0 N–H and O–H groups in total. The van der Waals surface area contributed by atoms with E-state index in [1.54, 1.807) is 5.57 Å². The van der Waals surface area contributed by atoms with Crippen molar-refractivity contribution < 1.29 is 9.47 Å². The summed E-state index contributed by atoms with van der Waals surface area (Å²) in [5.41, 5.74) is 2.97. The molecule has 2 atom stereocenters. The standard InChI is InChI=1S/C28H42O2S/c1-23(19-21-30-28-18-9-10-20-29-28)12-11-13-24(2)27(22-25-14-5-3-6-15-25)31-26-16-7-4-8-17-26/h4,7-8,13,16-17,19,25,27-28H,3,5-6,9-12,14-15,18,20-22H2,1-2H3/b23-19+,24-13+. The molecule has 1 saturated carbocycles. The van der Waals surface area contributed by atoms with Gasteiger partial charge in [0.15, 0.2) is 6.29 Å². The van der Waals surface area contributed by atoms with Crippen LogP contribution in [0.3, 0.4) is 0 Å². The Hall–Kier alpha value is -1.03.